The first kappa shape index (κ1) is 14.3. The van der Waals surface area contributed by atoms with Gasteiger partial charge in [0, 0.05) is 18.0 Å². The summed E-state index contributed by atoms with van der Waals surface area (Å²) < 4.78 is 5.36. The lowest BCUT2D eigenvalue weighted by Crippen LogP contribution is -2.31. The molecule has 1 N–H and O–H groups in total. The molecule has 0 radical (unpaired) electrons. The molecule has 112 valence electrons. The van der Waals surface area contributed by atoms with E-state index in [1.807, 2.05) is 31.0 Å². The highest BCUT2D eigenvalue weighted by molar-refractivity contribution is 7.15. The molecular weight excluding hydrogens is 286 g/mol. The van der Waals surface area contributed by atoms with Crippen molar-refractivity contribution in [2.45, 2.75) is 13.3 Å². The lowest BCUT2D eigenvalue weighted by Gasteiger charge is -2.15. The minimum absolute atomic E-state index is 0.0418. The number of aromatic nitrogens is 1. The molecule has 0 bridgehead atoms. The van der Waals surface area contributed by atoms with Gasteiger partial charge in [-0.15, -0.1) is 11.3 Å². The molecular formula is C15H19N3O2S. The Bertz CT molecular complexity index is 621. The third-order valence-corrected chi connectivity index (χ3v) is 4.78. The summed E-state index contributed by atoms with van der Waals surface area (Å²) in [6.07, 6.45) is 2.68. The fraction of sp³-hybridized carbons (Fsp3) is 0.467. The standard InChI is InChI=1S/C15H19N3O2S/c1-10-13(17-14(21-10)12-4-3-7-20-12)15(19)18-6-5-11(9-18)8-16-2/h3-4,7,11,16H,5-6,8-9H2,1-2H3. The maximum absolute atomic E-state index is 12.6. The lowest BCUT2D eigenvalue weighted by molar-refractivity contribution is 0.0781. The average Bonchev–Trinajstić information content (AvgIpc) is 3.17. The summed E-state index contributed by atoms with van der Waals surface area (Å²) in [5.41, 5.74) is 0.566. The van der Waals surface area contributed by atoms with Gasteiger partial charge in [0.2, 0.25) is 0 Å². The molecule has 2 aromatic rings. The van der Waals surface area contributed by atoms with Gasteiger partial charge in [0.25, 0.3) is 5.91 Å². The first-order chi connectivity index (χ1) is 10.2. The summed E-state index contributed by atoms with van der Waals surface area (Å²) >= 11 is 1.51. The van der Waals surface area contributed by atoms with Gasteiger partial charge in [0.05, 0.1) is 6.26 Å². The number of aryl methyl sites for hydroxylation is 1. The van der Waals surface area contributed by atoms with Crippen LogP contribution in [0.2, 0.25) is 0 Å². The number of nitrogens with one attached hydrogen (secondary N) is 1. The molecule has 0 aliphatic carbocycles. The lowest BCUT2D eigenvalue weighted by atomic mass is 10.1. The highest BCUT2D eigenvalue weighted by Crippen LogP contribution is 2.29. The van der Waals surface area contributed by atoms with Gasteiger partial charge in [-0.1, -0.05) is 0 Å². The minimum Gasteiger partial charge on any atom is -0.462 e. The molecule has 6 heteroatoms. The summed E-state index contributed by atoms with van der Waals surface area (Å²) in [6.45, 7) is 4.53. The Labute approximate surface area is 128 Å². The number of hydrogen-bond acceptors (Lipinski definition) is 5. The van der Waals surface area contributed by atoms with Crippen molar-refractivity contribution in [2.75, 3.05) is 26.7 Å². The Kier molecular flexibility index (Phi) is 4.07. The van der Waals surface area contributed by atoms with Crippen LogP contribution >= 0.6 is 11.3 Å². The van der Waals surface area contributed by atoms with Crippen LogP contribution in [0.4, 0.5) is 0 Å². The zero-order valence-electron chi connectivity index (χ0n) is 12.3. The van der Waals surface area contributed by atoms with Crippen molar-refractivity contribution >= 4 is 17.2 Å². The number of likely N-dealkylation sites (tertiary alicyclic amines) is 1. The first-order valence-corrected chi connectivity index (χ1v) is 7.96. The van der Waals surface area contributed by atoms with Crippen molar-refractivity contribution in [3.05, 3.63) is 29.0 Å². The molecule has 1 atom stereocenters. The summed E-state index contributed by atoms with van der Waals surface area (Å²) in [4.78, 5) is 20.0. The van der Waals surface area contributed by atoms with E-state index >= 15 is 0 Å². The molecule has 0 saturated carbocycles. The molecule has 1 unspecified atom stereocenters. The Morgan fingerprint density at radius 2 is 2.48 bits per heavy atom. The van der Waals surface area contributed by atoms with Crippen LogP contribution in [0.3, 0.4) is 0 Å². The Morgan fingerprint density at radius 1 is 1.62 bits per heavy atom. The molecule has 3 rings (SSSR count). The molecule has 21 heavy (non-hydrogen) atoms. The fourth-order valence-corrected chi connectivity index (χ4v) is 3.60. The zero-order chi connectivity index (χ0) is 14.8. The zero-order valence-corrected chi connectivity index (χ0v) is 13.1. The summed E-state index contributed by atoms with van der Waals surface area (Å²) in [7, 11) is 1.95. The van der Waals surface area contributed by atoms with Crippen LogP contribution < -0.4 is 5.32 Å². The van der Waals surface area contributed by atoms with Crippen LogP contribution in [-0.4, -0.2) is 42.5 Å². The van der Waals surface area contributed by atoms with Crippen molar-refractivity contribution in [3.8, 4) is 10.8 Å². The van der Waals surface area contributed by atoms with E-state index in [1.165, 1.54) is 11.3 Å². The van der Waals surface area contributed by atoms with Crippen LogP contribution in [0.15, 0.2) is 22.8 Å². The van der Waals surface area contributed by atoms with Gasteiger partial charge in [-0.25, -0.2) is 4.98 Å². The highest BCUT2D eigenvalue weighted by atomic mass is 32.1. The first-order valence-electron chi connectivity index (χ1n) is 7.14. The van der Waals surface area contributed by atoms with E-state index in [2.05, 4.69) is 10.3 Å². The van der Waals surface area contributed by atoms with Crippen molar-refractivity contribution in [2.24, 2.45) is 5.92 Å². The smallest absolute Gasteiger partial charge is 0.273 e. The van der Waals surface area contributed by atoms with Gasteiger partial charge >= 0.3 is 0 Å². The van der Waals surface area contributed by atoms with E-state index in [0.717, 1.165) is 41.7 Å². The van der Waals surface area contributed by atoms with Crippen molar-refractivity contribution in [1.82, 2.24) is 15.2 Å². The molecule has 0 aromatic carbocycles. The van der Waals surface area contributed by atoms with Crippen LogP contribution in [0.25, 0.3) is 10.8 Å². The van der Waals surface area contributed by atoms with E-state index in [4.69, 9.17) is 4.42 Å². The van der Waals surface area contributed by atoms with E-state index < -0.39 is 0 Å². The van der Waals surface area contributed by atoms with Gasteiger partial charge in [-0.2, -0.15) is 0 Å². The summed E-state index contributed by atoms with van der Waals surface area (Å²) in [6, 6.07) is 3.70. The topological polar surface area (TPSA) is 58.4 Å². The van der Waals surface area contributed by atoms with Crippen LogP contribution in [-0.2, 0) is 0 Å². The number of hydrogen-bond donors (Lipinski definition) is 1. The second-order valence-corrected chi connectivity index (χ2v) is 6.57. The molecule has 1 aliphatic rings. The number of thiazole rings is 1. The summed E-state index contributed by atoms with van der Waals surface area (Å²) in [5, 5.41) is 3.95. The highest BCUT2D eigenvalue weighted by Gasteiger charge is 2.29. The van der Waals surface area contributed by atoms with Gasteiger partial charge in [-0.3, -0.25) is 4.79 Å². The van der Waals surface area contributed by atoms with Crippen molar-refractivity contribution < 1.29 is 9.21 Å². The van der Waals surface area contributed by atoms with Crippen LogP contribution in [0, 0.1) is 12.8 Å². The number of furan rings is 1. The number of carbonyl (C=O) groups is 1. The van der Waals surface area contributed by atoms with Gasteiger partial charge in [0.1, 0.15) is 5.69 Å². The van der Waals surface area contributed by atoms with Gasteiger partial charge < -0.3 is 14.6 Å². The van der Waals surface area contributed by atoms with Crippen LogP contribution in [0.5, 0.6) is 0 Å². The molecule has 5 nitrogen and oxygen atoms in total. The molecule has 1 aliphatic heterocycles. The van der Waals surface area contributed by atoms with Gasteiger partial charge in [-0.05, 0) is 45.0 Å². The molecule has 2 aromatic heterocycles. The number of carbonyl (C=O) groups excluding carboxylic acids is 1. The molecule has 1 amide bonds. The minimum atomic E-state index is 0.0418. The fourth-order valence-electron chi connectivity index (χ4n) is 2.72. The van der Waals surface area contributed by atoms with Crippen molar-refractivity contribution in [3.63, 3.8) is 0 Å². The second-order valence-electron chi connectivity index (χ2n) is 5.36. The average molecular weight is 305 g/mol. The number of rotatable bonds is 4. The Morgan fingerprint density at radius 3 is 3.19 bits per heavy atom. The van der Waals surface area contributed by atoms with Crippen LogP contribution in [0.1, 0.15) is 21.8 Å². The SMILES string of the molecule is CNCC1CCN(C(=O)c2nc(-c3ccco3)sc2C)C1. The quantitative estimate of drug-likeness (QED) is 0.942. The third-order valence-electron chi connectivity index (χ3n) is 3.80. The van der Waals surface area contributed by atoms with E-state index in [9.17, 15) is 4.79 Å². The van der Waals surface area contributed by atoms with E-state index in [-0.39, 0.29) is 5.91 Å². The van der Waals surface area contributed by atoms with E-state index in [1.54, 1.807) is 6.26 Å². The molecule has 0 spiro atoms. The monoisotopic (exact) mass is 305 g/mol. The molecule has 3 heterocycles. The molecule has 1 fully saturated rings. The predicted molar refractivity (Wildman–Crippen MR) is 82.5 cm³/mol. The Balaban J connectivity index is 1.76. The maximum Gasteiger partial charge on any atom is 0.273 e. The van der Waals surface area contributed by atoms with E-state index in [0.29, 0.717) is 11.6 Å². The Hall–Kier alpha value is -1.66. The normalized spacial score (nSPS) is 18.4. The number of nitrogens with zero attached hydrogens (tertiary/aromatic N) is 2. The number of amides is 1. The molecule has 1 saturated heterocycles. The predicted octanol–water partition coefficient (Wildman–Crippen LogP) is 2.39. The summed E-state index contributed by atoms with van der Waals surface area (Å²) in [5.74, 6) is 1.30. The maximum atomic E-state index is 12.6. The largest absolute Gasteiger partial charge is 0.462 e. The second kappa shape index (κ2) is 5.99. The third kappa shape index (κ3) is 2.87. The van der Waals surface area contributed by atoms with Crippen molar-refractivity contribution in [1.29, 1.82) is 0 Å². The van der Waals surface area contributed by atoms with Gasteiger partial charge in [0.15, 0.2) is 10.8 Å².